The molecular formula is C29H34N4O3. The van der Waals surface area contributed by atoms with E-state index in [-0.39, 0.29) is 12.7 Å². The van der Waals surface area contributed by atoms with E-state index >= 15 is 0 Å². The predicted molar refractivity (Wildman–Crippen MR) is 143 cm³/mol. The summed E-state index contributed by atoms with van der Waals surface area (Å²) in [6.45, 7) is 6.33. The summed E-state index contributed by atoms with van der Waals surface area (Å²) in [7, 11) is 0. The van der Waals surface area contributed by atoms with Gasteiger partial charge in [0.15, 0.2) is 11.5 Å². The van der Waals surface area contributed by atoms with Gasteiger partial charge in [-0.15, -0.1) is 0 Å². The molecule has 1 amide bonds. The summed E-state index contributed by atoms with van der Waals surface area (Å²) in [4.78, 5) is 23.7. The van der Waals surface area contributed by atoms with Gasteiger partial charge >= 0.3 is 0 Å². The zero-order chi connectivity index (χ0) is 24.3. The van der Waals surface area contributed by atoms with E-state index in [0.29, 0.717) is 6.04 Å². The van der Waals surface area contributed by atoms with Crippen molar-refractivity contribution in [3.63, 3.8) is 0 Å². The predicted octanol–water partition coefficient (Wildman–Crippen LogP) is 4.50. The minimum Gasteiger partial charge on any atom is -0.454 e. The Labute approximate surface area is 212 Å². The summed E-state index contributed by atoms with van der Waals surface area (Å²) >= 11 is 0. The average molecular weight is 487 g/mol. The highest BCUT2D eigenvalue weighted by atomic mass is 16.7. The van der Waals surface area contributed by atoms with Crippen LogP contribution in [0.15, 0.2) is 54.7 Å². The van der Waals surface area contributed by atoms with Crippen LogP contribution < -0.4 is 14.4 Å². The molecule has 6 rings (SSSR count). The molecule has 1 aromatic heterocycles. The number of ether oxygens (including phenoxy) is 2. The molecule has 4 heterocycles. The SMILES string of the molecule is O=C(/C=C/c1ccc2c(c1)OCO2)N1CCCC[C@H]1CCN1CCN(c2cccc3cc[nH]c23)CC1. The molecule has 0 saturated carbocycles. The largest absolute Gasteiger partial charge is 0.454 e. The third-order valence-corrected chi connectivity index (χ3v) is 7.78. The van der Waals surface area contributed by atoms with Gasteiger partial charge in [0, 0.05) is 63.0 Å². The van der Waals surface area contributed by atoms with Gasteiger partial charge in [-0.3, -0.25) is 9.69 Å². The van der Waals surface area contributed by atoms with Gasteiger partial charge in [-0.25, -0.2) is 0 Å². The number of aromatic nitrogens is 1. The normalized spacial score (nSPS) is 20.5. The molecule has 1 atom stereocenters. The van der Waals surface area contributed by atoms with Gasteiger partial charge in [0.2, 0.25) is 12.7 Å². The molecule has 188 valence electrons. The summed E-state index contributed by atoms with van der Waals surface area (Å²) in [6, 6.07) is 14.8. The van der Waals surface area contributed by atoms with Gasteiger partial charge in [0.1, 0.15) is 0 Å². The number of fused-ring (bicyclic) bond motifs is 2. The number of benzene rings is 2. The second-order valence-corrected chi connectivity index (χ2v) is 9.96. The van der Waals surface area contributed by atoms with Crippen LogP contribution in [0.3, 0.4) is 0 Å². The van der Waals surface area contributed by atoms with Gasteiger partial charge in [-0.05, 0) is 61.6 Å². The molecule has 2 saturated heterocycles. The zero-order valence-corrected chi connectivity index (χ0v) is 20.7. The maximum absolute atomic E-state index is 13.1. The Morgan fingerprint density at radius 1 is 1.00 bits per heavy atom. The number of para-hydroxylation sites is 1. The number of aromatic amines is 1. The Morgan fingerprint density at radius 2 is 1.89 bits per heavy atom. The third kappa shape index (κ3) is 4.80. The van der Waals surface area contributed by atoms with E-state index in [4.69, 9.17) is 9.47 Å². The van der Waals surface area contributed by atoms with Crippen molar-refractivity contribution in [1.29, 1.82) is 0 Å². The molecule has 36 heavy (non-hydrogen) atoms. The summed E-state index contributed by atoms with van der Waals surface area (Å²) in [5, 5.41) is 1.27. The van der Waals surface area contributed by atoms with Crippen molar-refractivity contribution in [1.82, 2.24) is 14.8 Å². The molecule has 7 heteroatoms. The summed E-state index contributed by atoms with van der Waals surface area (Å²) in [5.41, 5.74) is 3.49. The molecule has 0 bridgehead atoms. The van der Waals surface area contributed by atoms with Crippen molar-refractivity contribution in [2.75, 3.05) is 51.0 Å². The topological polar surface area (TPSA) is 61.0 Å². The maximum Gasteiger partial charge on any atom is 0.246 e. The molecule has 3 aromatic rings. The van der Waals surface area contributed by atoms with Crippen molar-refractivity contribution >= 4 is 28.6 Å². The fraction of sp³-hybridized carbons (Fsp3) is 0.414. The lowest BCUT2D eigenvalue weighted by Gasteiger charge is -2.39. The first-order valence-corrected chi connectivity index (χ1v) is 13.2. The van der Waals surface area contributed by atoms with Crippen molar-refractivity contribution < 1.29 is 14.3 Å². The minimum absolute atomic E-state index is 0.112. The zero-order valence-electron chi connectivity index (χ0n) is 20.7. The highest BCUT2D eigenvalue weighted by molar-refractivity contribution is 5.92. The van der Waals surface area contributed by atoms with Crippen LogP contribution in [-0.4, -0.2) is 72.8 Å². The van der Waals surface area contributed by atoms with Gasteiger partial charge in [-0.1, -0.05) is 18.2 Å². The number of hydrogen-bond donors (Lipinski definition) is 1. The van der Waals surface area contributed by atoms with Crippen LogP contribution in [0.2, 0.25) is 0 Å². The van der Waals surface area contributed by atoms with Crippen LogP contribution in [0.25, 0.3) is 17.0 Å². The molecule has 0 unspecified atom stereocenters. The number of rotatable bonds is 6. The van der Waals surface area contributed by atoms with Crippen LogP contribution in [0, 0.1) is 0 Å². The first-order valence-electron chi connectivity index (χ1n) is 13.2. The van der Waals surface area contributed by atoms with E-state index in [1.807, 2.05) is 30.5 Å². The standard InChI is InChI=1S/C29H34N4O3/c34-28(10-8-22-7-9-26-27(20-22)36-21-35-26)33-14-2-1-5-24(33)12-15-31-16-18-32(19-17-31)25-6-3-4-23-11-13-30-29(23)25/h3-4,6-11,13,20,24,30H,1-2,5,12,14-19,21H2/b10-8+/t24-/m0/s1. The van der Waals surface area contributed by atoms with Crippen molar-refractivity contribution in [2.45, 2.75) is 31.7 Å². The molecule has 1 N–H and O–H groups in total. The van der Waals surface area contributed by atoms with Crippen LogP contribution in [0.1, 0.15) is 31.2 Å². The number of carbonyl (C=O) groups excluding carboxylic acids is 1. The lowest BCUT2D eigenvalue weighted by Crippen LogP contribution is -2.49. The van der Waals surface area contributed by atoms with Crippen molar-refractivity contribution in [3.8, 4) is 11.5 Å². The molecule has 3 aliphatic rings. The van der Waals surface area contributed by atoms with Crippen LogP contribution in [0.4, 0.5) is 5.69 Å². The fourth-order valence-corrected chi connectivity index (χ4v) is 5.75. The number of amides is 1. The van der Waals surface area contributed by atoms with Crippen molar-refractivity contribution in [3.05, 3.63) is 60.3 Å². The number of piperidine rings is 1. The van der Waals surface area contributed by atoms with Crippen molar-refractivity contribution in [2.24, 2.45) is 0 Å². The van der Waals surface area contributed by atoms with Gasteiger partial charge in [0.25, 0.3) is 0 Å². The molecule has 2 aromatic carbocycles. The number of hydrogen-bond acceptors (Lipinski definition) is 5. The van der Waals surface area contributed by atoms with Gasteiger partial charge in [-0.2, -0.15) is 0 Å². The van der Waals surface area contributed by atoms with Gasteiger partial charge < -0.3 is 24.3 Å². The second-order valence-electron chi connectivity index (χ2n) is 9.96. The van der Waals surface area contributed by atoms with Gasteiger partial charge in [0.05, 0.1) is 11.2 Å². The molecule has 2 fully saturated rings. The number of nitrogens with one attached hydrogen (secondary N) is 1. The number of nitrogens with zero attached hydrogens (tertiary/aromatic N) is 3. The first kappa shape index (κ1) is 23.0. The Kier molecular flexibility index (Phi) is 6.55. The minimum atomic E-state index is 0.112. The third-order valence-electron chi connectivity index (χ3n) is 7.78. The van der Waals surface area contributed by atoms with E-state index in [2.05, 4.69) is 43.9 Å². The number of anilines is 1. The fourth-order valence-electron chi connectivity index (χ4n) is 5.75. The smallest absolute Gasteiger partial charge is 0.246 e. The monoisotopic (exact) mass is 486 g/mol. The molecular weight excluding hydrogens is 452 g/mol. The number of carbonyl (C=O) groups is 1. The van der Waals surface area contributed by atoms with E-state index in [9.17, 15) is 4.79 Å². The Balaban J connectivity index is 1.02. The lowest BCUT2D eigenvalue weighted by molar-refractivity contribution is -0.129. The Hall–Kier alpha value is -3.45. The number of H-pyrrole nitrogens is 1. The summed E-state index contributed by atoms with van der Waals surface area (Å²) < 4.78 is 10.8. The van der Waals surface area contributed by atoms with E-state index in [1.165, 1.54) is 23.0 Å². The molecule has 7 nitrogen and oxygen atoms in total. The highest BCUT2D eigenvalue weighted by Crippen LogP contribution is 2.33. The van der Waals surface area contributed by atoms with E-state index in [1.54, 1.807) is 6.08 Å². The highest BCUT2D eigenvalue weighted by Gasteiger charge is 2.27. The van der Waals surface area contributed by atoms with E-state index in [0.717, 1.165) is 75.6 Å². The molecule has 0 aliphatic carbocycles. The molecule has 3 aliphatic heterocycles. The first-order chi connectivity index (χ1) is 17.7. The maximum atomic E-state index is 13.1. The Bertz CT molecular complexity index is 1240. The number of piperazine rings is 1. The molecule has 0 spiro atoms. The van der Waals surface area contributed by atoms with E-state index < -0.39 is 0 Å². The quantitative estimate of drug-likeness (QED) is 0.520. The average Bonchev–Trinajstić information content (AvgIpc) is 3.60. The summed E-state index contributed by atoms with van der Waals surface area (Å²) in [6.07, 6.45) is 10.0. The second kappa shape index (κ2) is 10.3. The molecule has 0 radical (unpaired) electrons. The van der Waals surface area contributed by atoms with Crippen LogP contribution in [-0.2, 0) is 4.79 Å². The Morgan fingerprint density at radius 3 is 2.81 bits per heavy atom. The van der Waals surface area contributed by atoms with Crippen LogP contribution >= 0.6 is 0 Å². The summed E-state index contributed by atoms with van der Waals surface area (Å²) in [5.74, 6) is 1.61. The lowest BCUT2D eigenvalue weighted by atomic mass is 9.98. The van der Waals surface area contributed by atoms with Crippen LogP contribution in [0.5, 0.6) is 11.5 Å². The number of likely N-dealkylation sites (tertiary alicyclic amines) is 1.